The van der Waals surface area contributed by atoms with E-state index in [4.69, 9.17) is 15.6 Å². The van der Waals surface area contributed by atoms with Crippen molar-refractivity contribution in [3.8, 4) is 0 Å². The molecule has 1 amide bonds. The molecule has 0 aromatic carbocycles. The summed E-state index contributed by atoms with van der Waals surface area (Å²) in [6, 6.07) is -0.963. The number of hydrogen-bond acceptors (Lipinski definition) is 4. The monoisotopic (exact) mass is 258 g/mol. The van der Waals surface area contributed by atoms with E-state index in [1.807, 2.05) is 0 Å². The van der Waals surface area contributed by atoms with Crippen LogP contribution in [0.25, 0.3) is 0 Å². The van der Waals surface area contributed by atoms with Gasteiger partial charge in [0.1, 0.15) is 0 Å². The number of nitrogens with one attached hydrogen (secondary N) is 1. The molecule has 0 heterocycles. The maximum atomic E-state index is 11.9. The standard InChI is InChI=1S/C12H22N2O4/c1-18-7-10(12(16)17)14-11(15)9-4-2-8(6-13)3-5-9/h8-10H,2-7,13H2,1H3,(H,14,15)(H,16,17). The number of carbonyl (C=O) groups is 2. The smallest absolute Gasteiger partial charge is 0.328 e. The number of aliphatic carboxylic acids is 1. The number of carbonyl (C=O) groups excluding carboxylic acids is 1. The Kier molecular flexibility index (Phi) is 6.07. The fourth-order valence-electron chi connectivity index (χ4n) is 2.29. The van der Waals surface area contributed by atoms with E-state index in [-0.39, 0.29) is 18.4 Å². The first-order chi connectivity index (χ1) is 8.58. The molecule has 1 unspecified atom stereocenters. The van der Waals surface area contributed by atoms with Gasteiger partial charge in [-0.2, -0.15) is 0 Å². The molecule has 6 nitrogen and oxygen atoms in total. The lowest BCUT2D eigenvalue weighted by molar-refractivity contribution is -0.144. The Balaban J connectivity index is 2.42. The number of hydrogen-bond donors (Lipinski definition) is 3. The lowest BCUT2D eigenvalue weighted by atomic mass is 9.81. The molecule has 1 saturated carbocycles. The van der Waals surface area contributed by atoms with Gasteiger partial charge in [-0.05, 0) is 38.1 Å². The van der Waals surface area contributed by atoms with Crippen LogP contribution in [-0.4, -0.2) is 43.3 Å². The van der Waals surface area contributed by atoms with Crippen LogP contribution in [0.1, 0.15) is 25.7 Å². The van der Waals surface area contributed by atoms with Crippen LogP contribution >= 0.6 is 0 Å². The third kappa shape index (κ3) is 4.27. The molecule has 1 aliphatic carbocycles. The highest BCUT2D eigenvalue weighted by molar-refractivity contribution is 5.85. The van der Waals surface area contributed by atoms with E-state index >= 15 is 0 Å². The lowest BCUT2D eigenvalue weighted by Gasteiger charge is -2.27. The minimum atomic E-state index is -1.07. The van der Waals surface area contributed by atoms with Crippen LogP contribution in [-0.2, 0) is 14.3 Å². The zero-order valence-electron chi connectivity index (χ0n) is 10.7. The van der Waals surface area contributed by atoms with Gasteiger partial charge in [0.05, 0.1) is 6.61 Å². The van der Waals surface area contributed by atoms with E-state index in [0.29, 0.717) is 12.5 Å². The second kappa shape index (κ2) is 7.33. The molecule has 1 fully saturated rings. The fourth-order valence-corrected chi connectivity index (χ4v) is 2.29. The molecule has 104 valence electrons. The first-order valence-electron chi connectivity index (χ1n) is 6.30. The Morgan fingerprint density at radius 2 is 2.00 bits per heavy atom. The van der Waals surface area contributed by atoms with E-state index in [2.05, 4.69) is 5.32 Å². The molecule has 0 radical (unpaired) electrons. The largest absolute Gasteiger partial charge is 0.480 e. The van der Waals surface area contributed by atoms with Crippen molar-refractivity contribution in [2.75, 3.05) is 20.3 Å². The van der Waals surface area contributed by atoms with Crippen molar-refractivity contribution < 1.29 is 19.4 Å². The molecule has 1 rings (SSSR count). The van der Waals surface area contributed by atoms with Crippen molar-refractivity contribution in [1.82, 2.24) is 5.32 Å². The van der Waals surface area contributed by atoms with Gasteiger partial charge in [-0.25, -0.2) is 4.79 Å². The number of carboxylic acid groups (broad SMARTS) is 1. The predicted octanol–water partition coefficient (Wildman–Crippen LogP) is -0.0327. The van der Waals surface area contributed by atoms with Crippen LogP contribution in [0.3, 0.4) is 0 Å². The summed E-state index contributed by atoms with van der Waals surface area (Å²) in [4.78, 5) is 22.8. The zero-order valence-corrected chi connectivity index (χ0v) is 10.7. The zero-order chi connectivity index (χ0) is 13.5. The summed E-state index contributed by atoms with van der Waals surface area (Å²) in [7, 11) is 1.41. The van der Waals surface area contributed by atoms with E-state index in [9.17, 15) is 9.59 Å². The Bertz CT molecular complexity index is 288. The second-order valence-electron chi connectivity index (χ2n) is 4.81. The average molecular weight is 258 g/mol. The first-order valence-corrected chi connectivity index (χ1v) is 6.30. The molecule has 18 heavy (non-hydrogen) atoms. The lowest BCUT2D eigenvalue weighted by Crippen LogP contribution is -2.46. The van der Waals surface area contributed by atoms with Gasteiger partial charge >= 0.3 is 5.97 Å². The first kappa shape index (κ1) is 14.9. The van der Waals surface area contributed by atoms with Gasteiger partial charge in [0.2, 0.25) is 5.91 Å². The summed E-state index contributed by atoms with van der Waals surface area (Å²) >= 11 is 0. The molecular formula is C12H22N2O4. The molecule has 0 bridgehead atoms. The van der Waals surface area contributed by atoms with E-state index in [0.717, 1.165) is 25.7 Å². The van der Waals surface area contributed by atoms with Crippen molar-refractivity contribution in [2.24, 2.45) is 17.6 Å². The van der Waals surface area contributed by atoms with Gasteiger partial charge in [0.25, 0.3) is 0 Å². The number of rotatable bonds is 6. The summed E-state index contributed by atoms with van der Waals surface area (Å²) < 4.78 is 4.78. The molecule has 6 heteroatoms. The van der Waals surface area contributed by atoms with Crippen molar-refractivity contribution in [1.29, 1.82) is 0 Å². The van der Waals surface area contributed by atoms with Crippen molar-refractivity contribution >= 4 is 11.9 Å². The number of nitrogens with two attached hydrogens (primary N) is 1. The van der Waals surface area contributed by atoms with Crippen LogP contribution in [0.15, 0.2) is 0 Å². The van der Waals surface area contributed by atoms with Gasteiger partial charge in [-0.15, -0.1) is 0 Å². The van der Waals surface area contributed by atoms with Crippen LogP contribution < -0.4 is 11.1 Å². The average Bonchev–Trinajstić information content (AvgIpc) is 2.38. The molecule has 0 spiro atoms. The van der Waals surface area contributed by atoms with Crippen LogP contribution in [0.5, 0.6) is 0 Å². The van der Waals surface area contributed by atoms with Crippen molar-refractivity contribution in [2.45, 2.75) is 31.7 Å². The highest BCUT2D eigenvalue weighted by atomic mass is 16.5. The summed E-state index contributed by atoms with van der Waals surface area (Å²) in [5.74, 6) is -0.842. The fraction of sp³-hybridized carbons (Fsp3) is 0.833. The van der Waals surface area contributed by atoms with Gasteiger partial charge in [0.15, 0.2) is 6.04 Å². The topological polar surface area (TPSA) is 102 Å². The third-order valence-corrected chi connectivity index (χ3v) is 3.50. The maximum absolute atomic E-state index is 11.9. The summed E-state index contributed by atoms with van der Waals surface area (Å²) in [5.41, 5.74) is 5.59. The quantitative estimate of drug-likeness (QED) is 0.621. The molecule has 1 atom stereocenters. The Morgan fingerprint density at radius 3 is 2.44 bits per heavy atom. The van der Waals surface area contributed by atoms with Crippen molar-refractivity contribution in [3.63, 3.8) is 0 Å². The molecule has 0 aromatic rings. The van der Waals surface area contributed by atoms with Gasteiger partial charge in [0, 0.05) is 13.0 Å². The summed E-state index contributed by atoms with van der Waals surface area (Å²) in [6.45, 7) is 0.648. The van der Waals surface area contributed by atoms with E-state index in [1.54, 1.807) is 0 Å². The molecule has 4 N–H and O–H groups in total. The Hall–Kier alpha value is -1.14. The third-order valence-electron chi connectivity index (χ3n) is 3.50. The van der Waals surface area contributed by atoms with E-state index < -0.39 is 12.0 Å². The van der Waals surface area contributed by atoms with Crippen LogP contribution in [0.2, 0.25) is 0 Å². The number of ether oxygens (including phenoxy) is 1. The molecule has 1 aliphatic rings. The Morgan fingerprint density at radius 1 is 1.39 bits per heavy atom. The minimum absolute atomic E-state index is 0.0147. The number of amides is 1. The Labute approximate surface area is 107 Å². The van der Waals surface area contributed by atoms with E-state index in [1.165, 1.54) is 7.11 Å². The number of methoxy groups -OCH3 is 1. The van der Waals surface area contributed by atoms with Crippen molar-refractivity contribution in [3.05, 3.63) is 0 Å². The molecule has 0 aliphatic heterocycles. The van der Waals surface area contributed by atoms with Gasteiger partial charge < -0.3 is 20.9 Å². The van der Waals surface area contributed by atoms with Gasteiger partial charge in [-0.3, -0.25) is 4.79 Å². The minimum Gasteiger partial charge on any atom is -0.480 e. The van der Waals surface area contributed by atoms with Crippen LogP contribution in [0, 0.1) is 11.8 Å². The summed E-state index contributed by atoms with van der Waals surface area (Å²) in [5, 5.41) is 11.4. The highest BCUT2D eigenvalue weighted by Gasteiger charge is 2.28. The van der Waals surface area contributed by atoms with Gasteiger partial charge in [-0.1, -0.05) is 0 Å². The molecule has 0 saturated heterocycles. The second-order valence-corrected chi connectivity index (χ2v) is 4.81. The summed E-state index contributed by atoms with van der Waals surface area (Å²) in [6.07, 6.45) is 3.45. The SMILES string of the molecule is COCC(NC(=O)C1CCC(CN)CC1)C(=O)O. The van der Waals surface area contributed by atoms with Crippen LogP contribution in [0.4, 0.5) is 0 Å². The molecule has 0 aromatic heterocycles. The normalized spacial score (nSPS) is 25.4. The number of carboxylic acids is 1. The maximum Gasteiger partial charge on any atom is 0.328 e. The molecular weight excluding hydrogens is 236 g/mol. The highest BCUT2D eigenvalue weighted by Crippen LogP contribution is 2.28. The predicted molar refractivity (Wildman–Crippen MR) is 65.9 cm³/mol.